The molecule has 39 heavy (non-hydrogen) atoms. The number of fused-ring (bicyclic) bond motifs is 1. The maximum absolute atomic E-state index is 13.2. The summed E-state index contributed by atoms with van der Waals surface area (Å²) in [5, 5.41) is 7.55. The second kappa shape index (κ2) is 11.8. The van der Waals surface area contributed by atoms with Crippen LogP contribution in [-0.4, -0.2) is 81.6 Å². The number of nitrogens with one attached hydrogen (secondary N) is 2. The van der Waals surface area contributed by atoms with Crippen molar-refractivity contribution in [1.29, 1.82) is 0 Å². The largest absolute Gasteiger partial charge is 0.455 e. The Morgan fingerprint density at radius 1 is 1.18 bits per heavy atom. The van der Waals surface area contributed by atoms with E-state index >= 15 is 0 Å². The van der Waals surface area contributed by atoms with E-state index in [0.717, 1.165) is 11.3 Å². The van der Waals surface area contributed by atoms with Crippen molar-refractivity contribution in [3.8, 4) is 0 Å². The van der Waals surface area contributed by atoms with Gasteiger partial charge in [-0.15, -0.1) is 23.1 Å². The van der Waals surface area contributed by atoms with Crippen LogP contribution in [0.2, 0.25) is 0 Å². The van der Waals surface area contributed by atoms with Gasteiger partial charge in [0.05, 0.1) is 6.61 Å². The van der Waals surface area contributed by atoms with Crippen molar-refractivity contribution >= 4 is 57.8 Å². The number of thioether (sulfide) groups is 1. The highest BCUT2D eigenvalue weighted by molar-refractivity contribution is 8.00. The molecule has 4 N–H and O–H groups in total. The molecule has 0 saturated carbocycles. The average molecular weight is 585 g/mol. The van der Waals surface area contributed by atoms with Crippen LogP contribution in [0.15, 0.2) is 21.8 Å². The molecule has 16 heteroatoms. The number of nitrogen functional groups attached to an aromatic ring is 1. The SMILES string of the molecule is CO/N=C(\C(=O)N[C@@H]1C(=O)N2C(C(=O)OC(C)(C)C)=C(CONC(=O)OC(C)(C)C)CS[C@H]12)c1csc(N)n1. The Hall–Kier alpha value is -3.37. The molecule has 0 radical (unpaired) electrons. The molecule has 2 atom stereocenters. The van der Waals surface area contributed by atoms with Crippen molar-refractivity contribution in [1.82, 2.24) is 20.7 Å². The minimum absolute atomic E-state index is 0.00628. The topological polar surface area (TPSA) is 184 Å². The maximum Gasteiger partial charge on any atom is 0.431 e. The standard InChI is InChI=1S/C23H32N6O8S2/c1-22(2,3)36-19(32)15-11(8-35-28-21(33)37-23(4,5)6)9-38-18-14(17(31)29(15)18)26-16(30)13(27-34-7)12-10-39-20(24)25-12/h10,14,18H,8-9H2,1-7H3,(H2,24,25)(H,26,30)(H,28,33)/b27-13-/t14-,18-/m1/s1. The lowest BCUT2D eigenvalue weighted by Crippen LogP contribution is -2.71. The zero-order valence-electron chi connectivity index (χ0n) is 22.6. The third kappa shape index (κ3) is 7.60. The summed E-state index contributed by atoms with van der Waals surface area (Å²) in [6.07, 6.45) is -0.804. The molecule has 214 valence electrons. The van der Waals surface area contributed by atoms with Gasteiger partial charge in [0.1, 0.15) is 41.1 Å². The highest BCUT2D eigenvalue weighted by atomic mass is 32.2. The number of amides is 3. The number of anilines is 1. The first-order chi connectivity index (χ1) is 18.1. The Bertz CT molecular complexity index is 1200. The van der Waals surface area contributed by atoms with E-state index in [0.29, 0.717) is 5.57 Å². The fourth-order valence-corrected chi connectivity index (χ4v) is 5.37. The molecule has 14 nitrogen and oxygen atoms in total. The second-order valence-electron chi connectivity index (χ2n) is 10.4. The number of rotatable bonds is 8. The number of nitrogens with two attached hydrogens (primary N) is 1. The third-order valence-corrected chi connectivity index (χ3v) is 6.90. The normalized spacial score (nSPS) is 19.6. The quantitative estimate of drug-likeness (QED) is 0.174. The third-order valence-electron chi connectivity index (χ3n) is 4.89. The molecule has 1 saturated heterocycles. The summed E-state index contributed by atoms with van der Waals surface area (Å²) >= 11 is 2.42. The van der Waals surface area contributed by atoms with E-state index in [9.17, 15) is 19.2 Å². The first-order valence-electron chi connectivity index (χ1n) is 11.8. The number of aromatic nitrogens is 1. The number of ether oxygens (including phenoxy) is 2. The van der Waals surface area contributed by atoms with Crippen LogP contribution < -0.4 is 16.5 Å². The minimum atomic E-state index is -0.958. The van der Waals surface area contributed by atoms with Gasteiger partial charge in [0.25, 0.3) is 11.8 Å². The van der Waals surface area contributed by atoms with Crippen LogP contribution in [0.1, 0.15) is 47.2 Å². The number of hydroxylamine groups is 1. The van der Waals surface area contributed by atoms with E-state index in [-0.39, 0.29) is 34.6 Å². The molecule has 1 fully saturated rings. The molecule has 1 aromatic rings. The van der Waals surface area contributed by atoms with Gasteiger partial charge < -0.3 is 25.4 Å². The van der Waals surface area contributed by atoms with E-state index < -0.39 is 46.5 Å². The first kappa shape index (κ1) is 30.2. The number of carbonyl (C=O) groups is 4. The minimum Gasteiger partial charge on any atom is -0.455 e. The zero-order chi connectivity index (χ0) is 29.1. The van der Waals surface area contributed by atoms with Crippen LogP contribution in [0.3, 0.4) is 0 Å². The van der Waals surface area contributed by atoms with Gasteiger partial charge >= 0.3 is 12.1 Å². The number of nitrogens with zero attached hydrogens (tertiary/aromatic N) is 3. The van der Waals surface area contributed by atoms with Crippen molar-refractivity contribution in [3.05, 3.63) is 22.3 Å². The molecule has 0 aromatic carbocycles. The highest BCUT2D eigenvalue weighted by Gasteiger charge is 2.55. The lowest BCUT2D eigenvalue weighted by molar-refractivity contribution is -0.159. The number of hydrogen-bond donors (Lipinski definition) is 3. The number of thiazole rings is 1. The Labute approximate surface area is 233 Å². The zero-order valence-corrected chi connectivity index (χ0v) is 24.3. The molecule has 3 heterocycles. The molecule has 0 spiro atoms. The summed E-state index contributed by atoms with van der Waals surface area (Å²) in [5.74, 6) is -1.71. The summed E-state index contributed by atoms with van der Waals surface area (Å²) in [4.78, 5) is 66.7. The lowest BCUT2D eigenvalue weighted by Gasteiger charge is -2.49. The molecule has 0 unspecified atom stereocenters. The second-order valence-corrected chi connectivity index (χ2v) is 12.4. The van der Waals surface area contributed by atoms with Crippen LogP contribution in [-0.2, 0) is 33.5 Å². The van der Waals surface area contributed by atoms with E-state index in [2.05, 4.69) is 20.9 Å². The summed E-state index contributed by atoms with van der Waals surface area (Å²) in [7, 11) is 1.27. The summed E-state index contributed by atoms with van der Waals surface area (Å²) in [6.45, 7) is 10.00. The smallest absolute Gasteiger partial charge is 0.431 e. The molecule has 0 aliphatic carbocycles. The Balaban J connectivity index is 1.78. The van der Waals surface area contributed by atoms with Crippen LogP contribution in [0.25, 0.3) is 0 Å². The lowest BCUT2D eigenvalue weighted by atomic mass is 10.0. The molecule has 2 aliphatic rings. The number of β-lactam (4-membered cyclic amide) rings is 1. The van der Waals surface area contributed by atoms with Crippen molar-refractivity contribution in [2.24, 2.45) is 5.16 Å². The Morgan fingerprint density at radius 2 is 1.85 bits per heavy atom. The van der Waals surface area contributed by atoms with Crippen molar-refractivity contribution in [2.75, 3.05) is 25.2 Å². The van der Waals surface area contributed by atoms with E-state index in [1.165, 1.54) is 29.2 Å². The number of carbonyl (C=O) groups excluding carboxylic acids is 4. The van der Waals surface area contributed by atoms with E-state index in [1.807, 2.05) is 0 Å². The molecular formula is C23H32N6O8S2. The number of oxime groups is 1. The van der Waals surface area contributed by atoms with Gasteiger partial charge in [0.15, 0.2) is 10.8 Å². The molecule has 2 aliphatic heterocycles. The molecule has 3 rings (SSSR count). The average Bonchev–Trinajstić information content (AvgIpc) is 3.23. The van der Waals surface area contributed by atoms with Gasteiger partial charge in [0.2, 0.25) is 0 Å². The van der Waals surface area contributed by atoms with Crippen LogP contribution in [0.5, 0.6) is 0 Å². The molecule has 3 amide bonds. The highest BCUT2D eigenvalue weighted by Crippen LogP contribution is 2.41. The van der Waals surface area contributed by atoms with E-state index in [1.54, 1.807) is 41.5 Å². The number of esters is 1. The Kier molecular flexibility index (Phi) is 9.12. The Morgan fingerprint density at radius 3 is 2.41 bits per heavy atom. The monoisotopic (exact) mass is 584 g/mol. The summed E-state index contributed by atoms with van der Waals surface area (Å²) in [6, 6.07) is -0.958. The van der Waals surface area contributed by atoms with Gasteiger partial charge in [-0.1, -0.05) is 5.16 Å². The van der Waals surface area contributed by atoms with Crippen molar-refractivity contribution in [3.63, 3.8) is 0 Å². The fourth-order valence-electron chi connectivity index (χ4n) is 3.49. The summed E-state index contributed by atoms with van der Waals surface area (Å²) in [5.41, 5.74) is 6.72. The maximum atomic E-state index is 13.2. The first-order valence-corrected chi connectivity index (χ1v) is 13.7. The van der Waals surface area contributed by atoms with Gasteiger partial charge in [-0.2, -0.15) is 5.48 Å². The predicted molar refractivity (Wildman–Crippen MR) is 143 cm³/mol. The van der Waals surface area contributed by atoms with Gasteiger partial charge in [-0.05, 0) is 47.1 Å². The van der Waals surface area contributed by atoms with Crippen LogP contribution in [0.4, 0.5) is 9.93 Å². The van der Waals surface area contributed by atoms with Gasteiger partial charge in [-0.25, -0.2) is 14.6 Å². The molecule has 0 bridgehead atoms. The van der Waals surface area contributed by atoms with Gasteiger partial charge in [-0.3, -0.25) is 19.3 Å². The molecular weight excluding hydrogens is 552 g/mol. The number of hydrogen-bond acceptors (Lipinski definition) is 13. The van der Waals surface area contributed by atoms with E-state index in [4.69, 9.17) is 24.9 Å². The van der Waals surface area contributed by atoms with Crippen molar-refractivity contribution in [2.45, 2.75) is 64.2 Å². The van der Waals surface area contributed by atoms with Gasteiger partial charge in [0, 0.05) is 11.1 Å². The molecule has 1 aromatic heterocycles. The van der Waals surface area contributed by atoms with Crippen LogP contribution >= 0.6 is 23.1 Å². The fraction of sp³-hybridized carbons (Fsp3) is 0.565. The summed E-state index contributed by atoms with van der Waals surface area (Å²) < 4.78 is 10.7. The van der Waals surface area contributed by atoms with Crippen LogP contribution in [0, 0.1) is 0 Å². The predicted octanol–water partition coefficient (Wildman–Crippen LogP) is 1.53. The van der Waals surface area contributed by atoms with Crippen molar-refractivity contribution < 1.29 is 38.3 Å².